The molecule has 158 valence electrons. The SMILES string of the molecule is CCOc1cc(-c2cccc(OCC(=O)NO)c2)ccc1-c1nc2[nH]nnc2c(=O)[nH]1. The zero-order valence-electron chi connectivity index (χ0n) is 16.4. The standard InChI is InChI=1S/C20H18N6O5/c1-2-30-15-9-12(11-4-3-5-13(8-11)31-10-16(27)25-29)6-7-14(15)18-21-19-17(20(28)22-18)23-26-24-19/h3-9,29H,2,10H2,1H3,(H,25,27)(H2,21,22,23,24,26,28). The highest BCUT2D eigenvalue weighted by Crippen LogP contribution is 2.33. The maximum absolute atomic E-state index is 12.2. The number of hydrogen-bond acceptors (Lipinski definition) is 8. The van der Waals surface area contributed by atoms with Crippen LogP contribution in [0.5, 0.6) is 11.5 Å². The smallest absolute Gasteiger partial charge is 0.281 e. The number of H-pyrrole nitrogens is 2. The Kier molecular flexibility index (Phi) is 5.58. The van der Waals surface area contributed by atoms with Crippen LogP contribution in [0, 0.1) is 0 Å². The molecule has 2 aromatic heterocycles. The molecule has 0 aliphatic rings. The monoisotopic (exact) mass is 422 g/mol. The number of nitrogens with one attached hydrogen (secondary N) is 3. The molecule has 0 saturated heterocycles. The van der Waals surface area contributed by atoms with E-state index in [4.69, 9.17) is 14.7 Å². The van der Waals surface area contributed by atoms with Crippen LogP contribution in [0.15, 0.2) is 47.3 Å². The summed E-state index contributed by atoms with van der Waals surface area (Å²) in [7, 11) is 0. The van der Waals surface area contributed by atoms with Gasteiger partial charge in [0.1, 0.15) is 17.3 Å². The Morgan fingerprint density at radius 2 is 2.00 bits per heavy atom. The first-order chi connectivity index (χ1) is 15.1. The summed E-state index contributed by atoms with van der Waals surface area (Å²) < 4.78 is 11.2. The van der Waals surface area contributed by atoms with Crippen molar-refractivity contribution in [2.45, 2.75) is 6.92 Å². The predicted molar refractivity (Wildman–Crippen MR) is 110 cm³/mol. The van der Waals surface area contributed by atoms with Gasteiger partial charge in [-0.1, -0.05) is 23.4 Å². The second-order valence-electron chi connectivity index (χ2n) is 6.42. The topological polar surface area (TPSA) is 155 Å². The van der Waals surface area contributed by atoms with Gasteiger partial charge in [0.2, 0.25) is 0 Å². The number of carbonyl (C=O) groups is 1. The molecule has 1 amide bonds. The quantitative estimate of drug-likeness (QED) is 0.259. The van der Waals surface area contributed by atoms with Crippen LogP contribution in [0.25, 0.3) is 33.7 Å². The van der Waals surface area contributed by atoms with E-state index in [9.17, 15) is 9.59 Å². The molecule has 0 aliphatic heterocycles. The lowest BCUT2D eigenvalue weighted by atomic mass is 10.0. The summed E-state index contributed by atoms with van der Waals surface area (Å²) in [5, 5.41) is 18.5. The third-order valence-corrected chi connectivity index (χ3v) is 4.40. The Morgan fingerprint density at radius 3 is 2.81 bits per heavy atom. The molecular formula is C20H18N6O5. The molecule has 0 aliphatic carbocycles. The summed E-state index contributed by atoms with van der Waals surface area (Å²) in [6, 6.07) is 12.6. The van der Waals surface area contributed by atoms with E-state index in [0.717, 1.165) is 11.1 Å². The van der Waals surface area contributed by atoms with Crippen molar-refractivity contribution in [1.29, 1.82) is 0 Å². The van der Waals surface area contributed by atoms with Crippen molar-refractivity contribution in [3.8, 4) is 34.0 Å². The summed E-state index contributed by atoms with van der Waals surface area (Å²) in [5.74, 6) is 0.664. The fourth-order valence-corrected chi connectivity index (χ4v) is 3.01. The molecule has 0 atom stereocenters. The highest BCUT2D eigenvalue weighted by Gasteiger charge is 2.14. The molecule has 0 fully saturated rings. The van der Waals surface area contributed by atoms with E-state index >= 15 is 0 Å². The lowest BCUT2D eigenvalue weighted by Gasteiger charge is -2.13. The number of benzene rings is 2. The Hall–Kier alpha value is -4.25. The molecule has 0 radical (unpaired) electrons. The van der Waals surface area contributed by atoms with E-state index < -0.39 is 11.5 Å². The second-order valence-corrected chi connectivity index (χ2v) is 6.42. The Morgan fingerprint density at radius 1 is 1.16 bits per heavy atom. The van der Waals surface area contributed by atoms with Gasteiger partial charge in [-0.25, -0.2) is 15.6 Å². The van der Waals surface area contributed by atoms with Crippen molar-refractivity contribution in [1.82, 2.24) is 30.9 Å². The average Bonchev–Trinajstić information content (AvgIpc) is 3.27. The Labute approximate surface area is 175 Å². The number of carbonyl (C=O) groups excluding carboxylic acids is 1. The molecule has 31 heavy (non-hydrogen) atoms. The third-order valence-electron chi connectivity index (χ3n) is 4.40. The highest BCUT2D eigenvalue weighted by atomic mass is 16.5. The van der Waals surface area contributed by atoms with Crippen molar-refractivity contribution < 1.29 is 19.5 Å². The van der Waals surface area contributed by atoms with Crippen LogP contribution in [0.3, 0.4) is 0 Å². The molecule has 2 heterocycles. The van der Waals surface area contributed by atoms with Gasteiger partial charge in [-0.3, -0.25) is 14.8 Å². The fraction of sp³-hybridized carbons (Fsp3) is 0.150. The maximum Gasteiger partial charge on any atom is 0.281 e. The van der Waals surface area contributed by atoms with Gasteiger partial charge in [0.15, 0.2) is 17.8 Å². The largest absolute Gasteiger partial charge is 0.493 e. The van der Waals surface area contributed by atoms with Crippen LogP contribution in [-0.4, -0.2) is 49.7 Å². The van der Waals surface area contributed by atoms with Crippen molar-refractivity contribution in [3.05, 3.63) is 52.8 Å². The first-order valence-electron chi connectivity index (χ1n) is 9.33. The first-order valence-corrected chi connectivity index (χ1v) is 9.33. The van der Waals surface area contributed by atoms with Gasteiger partial charge in [0.05, 0.1) is 12.2 Å². The molecule has 4 aromatic rings. The minimum absolute atomic E-state index is 0.130. The van der Waals surface area contributed by atoms with Gasteiger partial charge >= 0.3 is 0 Å². The highest BCUT2D eigenvalue weighted by molar-refractivity contribution is 5.77. The molecule has 4 rings (SSSR count). The number of ether oxygens (including phenoxy) is 2. The molecule has 0 saturated carbocycles. The molecular weight excluding hydrogens is 404 g/mol. The van der Waals surface area contributed by atoms with Crippen LogP contribution < -0.4 is 20.5 Å². The van der Waals surface area contributed by atoms with Crippen LogP contribution >= 0.6 is 0 Å². The zero-order chi connectivity index (χ0) is 21.8. The zero-order valence-corrected chi connectivity index (χ0v) is 16.4. The van der Waals surface area contributed by atoms with Gasteiger partial charge in [0.25, 0.3) is 11.5 Å². The third kappa shape index (κ3) is 4.21. The van der Waals surface area contributed by atoms with Gasteiger partial charge in [0, 0.05) is 0 Å². The van der Waals surface area contributed by atoms with Gasteiger partial charge in [-0.05, 0) is 42.3 Å². The van der Waals surface area contributed by atoms with E-state index in [0.29, 0.717) is 29.5 Å². The lowest BCUT2D eigenvalue weighted by molar-refractivity contribution is -0.131. The molecule has 2 aromatic carbocycles. The summed E-state index contributed by atoms with van der Waals surface area (Å²) in [4.78, 5) is 30.5. The Bertz CT molecular complexity index is 1300. The number of fused-ring (bicyclic) bond motifs is 1. The normalized spacial score (nSPS) is 10.8. The van der Waals surface area contributed by atoms with E-state index in [2.05, 4.69) is 25.4 Å². The minimum Gasteiger partial charge on any atom is -0.493 e. The first kappa shape index (κ1) is 20.0. The van der Waals surface area contributed by atoms with Crippen LogP contribution in [0.4, 0.5) is 0 Å². The number of rotatable bonds is 7. The number of nitrogens with zero attached hydrogens (tertiary/aromatic N) is 3. The van der Waals surface area contributed by atoms with Crippen molar-refractivity contribution in [2.24, 2.45) is 0 Å². The summed E-state index contributed by atoms with van der Waals surface area (Å²) in [6.07, 6.45) is 0. The lowest BCUT2D eigenvalue weighted by Crippen LogP contribution is -2.25. The van der Waals surface area contributed by atoms with Gasteiger partial charge in [-0.15, -0.1) is 5.10 Å². The molecule has 4 N–H and O–H groups in total. The van der Waals surface area contributed by atoms with Crippen LogP contribution in [0.2, 0.25) is 0 Å². The number of aromatic nitrogens is 5. The van der Waals surface area contributed by atoms with E-state index in [-0.39, 0.29) is 17.8 Å². The van der Waals surface area contributed by atoms with Crippen molar-refractivity contribution in [2.75, 3.05) is 13.2 Å². The summed E-state index contributed by atoms with van der Waals surface area (Å²) >= 11 is 0. The van der Waals surface area contributed by atoms with Crippen molar-refractivity contribution in [3.63, 3.8) is 0 Å². The van der Waals surface area contributed by atoms with E-state index in [1.807, 2.05) is 25.1 Å². The van der Waals surface area contributed by atoms with E-state index in [1.165, 1.54) is 5.48 Å². The fourth-order valence-electron chi connectivity index (χ4n) is 3.01. The van der Waals surface area contributed by atoms with Crippen molar-refractivity contribution >= 4 is 17.1 Å². The number of hydrogen-bond donors (Lipinski definition) is 4. The number of amides is 1. The Balaban J connectivity index is 1.70. The summed E-state index contributed by atoms with van der Waals surface area (Å²) in [5.41, 5.74) is 3.78. The number of hydroxylamine groups is 1. The molecule has 0 bridgehead atoms. The summed E-state index contributed by atoms with van der Waals surface area (Å²) in [6.45, 7) is 1.95. The number of aromatic amines is 2. The second kappa shape index (κ2) is 8.63. The molecule has 11 heteroatoms. The molecule has 0 spiro atoms. The predicted octanol–water partition coefficient (Wildman–Crippen LogP) is 1.66. The van der Waals surface area contributed by atoms with Crippen LogP contribution in [0.1, 0.15) is 6.92 Å². The average molecular weight is 422 g/mol. The van der Waals surface area contributed by atoms with Gasteiger partial charge < -0.3 is 14.5 Å². The van der Waals surface area contributed by atoms with Crippen LogP contribution in [-0.2, 0) is 4.79 Å². The van der Waals surface area contributed by atoms with Gasteiger partial charge in [-0.2, -0.15) is 0 Å². The minimum atomic E-state index is -0.653. The molecule has 11 nitrogen and oxygen atoms in total. The van der Waals surface area contributed by atoms with E-state index in [1.54, 1.807) is 24.3 Å². The maximum atomic E-state index is 12.2. The molecule has 0 unspecified atom stereocenters.